The van der Waals surface area contributed by atoms with Crippen molar-refractivity contribution in [1.29, 1.82) is 0 Å². The van der Waals surface area contributed by atoms with E-state index in [-0.39, 0.29) is 0 Å². The van der Waals surface area contributed by atoms with Crippen molar-refractivity contribution in [3.63, 3.8) is 0 Å². The first kappa shape index (κ1) is 11.2. The zero-order valence-corrected chi connectivity index (χ0v) is 10.1. The molecule has 0 fully saturated rings. The van der Waals surface area contributed by atoms with Crippen LogP contribution in [-0.2, 0) is 0 Å². The summed E-state index contributed by atoms with van der Waals surface area (Å²) >= 11 is 0. The van der Waals surface area contributed by atoms with E-state index in [9.17, 15) is 5.11 Å². The van der Waals surface area contributed by atoms with Crippen molar-refractivity contribution in [2.75, 3.05) is 13.2 Å². The van der Waals surface area contributed by atoms with Gasteiger partial charge in [0, 0.05) is 0 Å². The molecule has 2 aromatic rings. The molecular weight excluding hydrogens is 232 g/mol. The van der Waals surface area contributed by atoms with Gasteiger partial charge in [-0.15, -0.1) is 0 Å². The van der Waals surface area contributed by atoms with E-state index in [1.807, 2.05) is 25.1 Å². The third-order valence-corrected chi connectivity index (χ3v) is 2.91. The molecule has 0 radical (unpaired) electrons. The molecule has 4 nitrogen and oxygen atoms in total. The highest BCUT2D eigenvalue weighted by atomic mass is 16.6. The van der Waals surface area contributed by atoms with Crippen molar-refractivity contribution in [1.82, 2.24) is 0 Å². The molecular formula is C14H14O4. The molecule has 1 unspecified atom stereocenters. The van der Waals surface area contributed by atoms with Crippen molar-refractivity contribution >= 4 is 0 Å². The summed E-state index contributed by atoms with van der Waals surface area (Å²) in [6.45, 7) is 2.94. The lowest BCUT2D eigenvalue weighted by Gasteiger charge is -2.19. The Labute approximate surface area is 105 Å². The molecule has 2 heterocycles. The second kappa shape index (κ2) is 4.38. The minimum absolute atomic E-state index is 0.532. The van der Waals surface area contributed by atoms with Gasteiger partial charge in [-0.2, -0.15) is 0 Å². The number of fused-ring (bicyclic) bond motifs is 1. The molecule has 94 valence electrons. The number of ether oxygens (including phenoxy) is 2. The van der Waals surface area contributed by atoms with Crippen LogP contribution in [0.25, 0.3) is 0 Å². The number of aryl methyl sites for hydroxylation is 1. The maximum Gasteiger partial charge on any atom is 0.161 e. The standard InChI is InChI=1S/C14H14O4/c1-9-2-4-12(18-9)14(15)10-3-5-11-13(8-10)17-7-6-16-11/h2-5,8,14-15H,6-7H2,1H3. The first-order valence-corrected chi connectivity index (χ1v) is 5.88. The lowest BCUT2D eigenvalue weighted by molar-refractivity contribution is 0.167. The fourth-order valence-corrected chi connectivity index (χ4v) is 1.99. The van der Waals surface area contributed by atoms with Crippen molar-refractivity contribution in [2.24, 2.45) is 0 Å². The third kappa shape index (κ3) is 1.95. The van der Waals surface area contributed by atoms with Crippen LogP contribution in [0.15, 0.2) is 34.7 Å². The quantitative estimate of drug-likeness (QED) is 0.884. The van der Waals surface area contributed by atoms with Crippen LogP contribution in [0.1, 0.15) is 23.2 Å². The van der Waals surface area contributed by atoms with E-state index < -0.39 is 6.10 Å². The minimum atomic E-state index is -0.783. The monoisotopic (exact) mass is 246 g/mol. The Morgan fingerprint density at radius 2 is 1.83 bits per heavy atom. The lowest BCUT2D eigenvalue weighted by Crippen LogP contribution is -2.15. The van der Waals surface area contributed by atoms with Gasteiger partial charge in [-0.05, 0) is 36.8 Å². The number of aliphatic hydroxyl groups is 1. The van der Waals surface area contributed by atoms with Gasteiger partial charge in [0.25, 0.3) is 0 Å². The predicted octanol–water partition coefficient (Wildman–Crippen LogP) is 2.44. The first-order chi connectivity index (χ1) is 8.74. The summed E-state index contributed by atoms with van der Waals surface area (Å²) in [5, 5.41) is 10.2. The molecule has 0 saturated heterocycles. The van der Waals surface area contributed by atoms with Crippen molar-refractivity contribution < 1.29 is 19.0 Å². The molecule has 1 aliphatic rings. The Morgan fingerprint density at radius 3 is 2.56 bits per heavy atom. The summed E-state index contributed by atoms with van der Waals surface area (Å²) < 4.78 is 16.3. The molecule has 1 aromatic heterocycles. The number of benzene rings is 1. The molecule has 4 heteroatoms. The molecule has 18 heavy (non-hydrogen) atoms. The van der Waals surface area contributed by atoms with Gasteiger partial charge in [-0.3, -0.25) is 0 Å². The van der Waals surface area contributed by atoms with Crippen LogP contribution in [-0.4, -0.2) is 18.3 Å². The molecule has 1 aliphatic heterocycles. The Kier molecular flexibility index (Phi) is 2.72. The molecule has 1 aromatic carbocycles. The molecule has 0 aliphatic carbocycles. The van der Waals surface area contributed by atoms with E-state index in [2.05, 4.69) is 0 Å². The molecule has 0 spiro atoms. The average molecular weight is 246 g/mol. The fourth-order valence-electron chi connectivity index (χ4n) is 1.99. The van der Waals surface area contributed by atoms with Crippen molar-refractivity contribution in [3.8, 4) is 11.5 Å². The number of aliphatic hydroxyl groups excluding tert-OH is 1. The van der Waals surface area contributed by atoms with Gasteiger partial charge in [-0.1, -0.05) is 6.07 Å². The first-order valence-electron chi connectivity index (χ1n) is 5.88. The zero-order chi connectivity index (χ0) is 12.5. The summed E-state index contributed by atoms with van der Waals surface area (Å²) in [5.74, 6) is 2.69. The van der Waals surface area contributed by atoms with E-state index in [0.29, 0.717) is 30.5 Å². The topological polar surface area (TPSA) is 51.8 Å². The van der Waals surface area contributed by atoms with E-state index in [1.54, 1.807) is 12.1 Å². The van der Waals surface area contributed by atoms with Gasteiger partial charge in [0.1, 0.15) is 30.8 Å². The van der Waals surface area contributed by atoms with Crippen LogP contribution in [0.4, 0.5) is 0 Å². The maximum atomic E-state index is 10.2. The van der Waals surface area contributed by atoms with Gasteiger partial charge in [0.2, 0.25) is 0 Å². The highest BCUT2D eigenvalue weighted by Crippen LogP contribution is 2.34. The Morgan fingerprint density at radius 1 is 1.06 bits per heavy atom. The van der Waals surface area contributed by atoms with Gasteiger partial charge < -0.3 is 19.0 Å². The van der Waals surface area contributed by atoms with Gasteiger partial charge in [0.05, 0.1) is 0 Å². The number of hydrogen-bond acceptors (Lipinski definition) is 4. The lowest BCUT2D eigenvalue weighted by atomic mass is 10.1. The Bertz CT molecular complexity index is 559. The molecule has 1 atom stereocenters. The van der Waals surface area contributed by atoms with Crippen LogP contribution in [0.5, 0.6) is 11.5 Å². The van der Waals surface area contributed by atoms with Crippen molar-refractivity contribution in [3.05, 3.63) is 47.4 Å². The molecule has 1 N–H and O–H groups in total. The average Bonchev–Trinajstić information content (AvgIpc) is 2.84. The zero-order valence-electron chi connectivity index (χ0n) is 10.1. The number of rotatable bonds is 2. The molecule has 0 bridgehead atoms. The molecule has 0 amide bonds. The summed E-state index contributed by atoms with van der Waals surface area (Å²) in [4.78, 5) is 0. The van der Waals surface area contributed by atoms with E-state index in [0.717, 1.165) is 11.3 Å². The predicted molar refractivity (Wildman–Crippen MR) is 64.9 cm³/mol. The van der Waals surface area contributed by atoms with Crippen molar-refractivity contribution in [2.45, 2.75) is 13.0 Å². The Balaban J connectivity index is 1.92. The largest absolute Gasteiger partial charge is 0.486 e. The van der Waals surface area contributed by atoms with Crippen LogP contribution >= 0.6 is 0 Å². The normalized spacial score (nSPS) is 15.4. The summed E-state index contributed by atoms with van der Waals surface area (Å²) in [6.07, 6.45) is -0.783. The molecule has 0 saturated carbocycles. The Hall–Kier alpha value is -1.94. The van der Waals surface area contributed by atoms with Gasteiger partial charge in [-0.25, -0.2) is 0 Å². The SMILES string of the molecule is Cc1ccc(C(O)c2ccc3c(c2)OCCO3)o1. The van der Waals surface area contributed by atoms with Gasteiger partial charge >= 0.3 is 0 Å². The van der Waals surface area contributed by atoms with E-state index in [1.165, 1.54) is 0 Å². The van der Waals surface area contributed by atoms with Crippen LogP contribution in [0.3, 0.4) is 0 Å². The fraction of sp³-hybridized carbons (Fsp3) is 0.286. The number of furan rings is 1. The van der Waals surface area contributed by atoms with E-state index >= 15 is 0 Å². The van der Waals surface area contributed by atoms with Gasteiger partial charge in [0.15, 0.2) is 11.5 Å². The third-order valence-electron chi connectivity index (χ3n) is 2.91. The second-order valence-electron chi connectivity index (χ2n) is 4.25. The summed E-state index contributed by atoms with van der Waals surface area (Å²) in [6, 6.07) is 9.02. The van der Waals surface area contributed by atoms with Crippen LogP contribution in [0.2, 0.25) is 0 Å². The van der Waals surface area contributed by atoms with Crippen LogP contribution < -0.4 is 9.47 Å². The second-order valence-corrected chi connectivity index (χ2v) is 4.25. The number of hydrogen-bond donors (Lipinski definition) is 1. The summed E-state index contributed by atoms with van der Waals surface area (Å²) in [5.41, 5.74) is 0.730. The summed E-state index contributed by atoms with van der Waals surface area (Å²) in [7, 11) is 0. The minimum Gasteiger partial charge on any atom is -0.486 e. The van der Waals surface area contributed by atoms with Crippen LogP contribution in [0, 0.1) is 6.92 Å². The maximum absolute atomic E-state index is 10.2. The molecule has 3 rings (SSSR count). The smallest absolute Gasteiger partial charge is 0.161 e. The van der Waals surface area contributed by atoms with E-state index in [4.69, 9.17) is 13.9 Å². The highest BCUT2D eigenvalue weighted by Gasteiger charge is 2.18. The highest BCUT2D eigenvalue weighted by molar-refractivity contribution is 5.45.